The SMILES string of the molecule is C#CCN(Cc1ccco1)C(=O)c1cccc(S(=O)(=O)NCC=C)c1. The molecule has 0 saturated heterocycles. The number of hydrogen-bond acceptors (Lipinski definition) is 4. The van der Waals surface area contributed by atoms with Crippen LogP contribution < -0.4 is 4.72 Å². The summed E-state index contributed by atoms with van der Waals surface area (Å²) < 4.78 is 32.0. The molecule has 1 aromatic heterocycles. The van der Waals surface area contributed by atoms with E-state index in [1.165, 1.54) is 35.4 Å². The standard InChI is InChI=1S/C18H18N2O4S/c1-3-10-19-25(22,23)17-9-5-7-15(13-17)18(21)20(11-4-2)14-16-8-6-12-24-16/h2-3,5-9,12-13,19H,1,10-11,14H2. The normalized spacial score (nSPS) is 10.8. The smallest absolute Gasteiger partial charge is 0.255 e. The molecule has 130 valence electrons. The van der Waals surface area contributed by atoms with E-state index in [1.54, 1.807) is 18.2 Å². The largest absolute Gasteiger partial charge is 0.467 e. The van der Waals surface area contributed by atoms with Gasteiger partial charge in [0.2, 0.25) is 10.0 Å². The van der Waals surface area contributed by atoms with Crippen LogP contribution in [0.15, 0.2) is 64.6 Å². The molecular formula is C18H18N2O4S. The minimum Gasteiger partial charge on any atom is -0.467 e. The highest BCUT2D eigenvalue weighted by Crippen LogP contribution is 2.15. The lowest BCUT2D eigenvalue weighted by atomic mass is 10.2. The van der Waals surface area contributed by atoms with Crippen LogP contribution in [0.25, 0.3) is 0 Å². The predicted molar refractivity (Wildman–Crippen MR) is 94.1 cm³/mol. The summed E-state index contributed by atoms with van der Waals surface area (Å²) in [6, 6.07) is 9.24. The van der Waals surface area contributed by atoms with Crippen LogP contribution in [-0.2, 0) is 16.6 Å². The molecule has 0 atom stereocenters. The number of sulfonamides is 1. The highest BCUT2D eigenvalue weighted by atomic mass is 32.2. The first-order valence-electron chi connectivity index (χ1n) is 7.43. The second-order valence-corrected chi connectivity index (χ2v) is 6.88. The van der Waals surface area contributed by atoms with Crippen molar-refractivity contribution in [1.29, 1.82) is 0 Å². The Balaban J connectivity index is 2.26. The highest BCUT2D eigenvalue weighted by molar-refractivity contribution is 7.89. The molecule has 0 aliphatic heterocycles. The van der Waals surface area contributed by atoms with Crippen LogP contribution in [0.5, 0.6) is 0 Å². The van der Waals surface area contributed by atoms with Gasteiger partial charge in [-0.1, -0.05) is 18.1 Å². The number of amides is 1. The summed E-state index contributed by atoms with van der Waals surface area (Å²) in [7, 11) is -3.72. The molecule has 0 radical (unpaired) electrons. The van der Waals surface area contributed by atoms with Crippen molar-refractivity contribution >= 4 is 15.9 Å². The number of terminal acetylenes is 1. The van der Waals surface area contributed by atoms with Crippen LogP contribution in [0.4, 0.5) is 0 Å². The van der Waals surface area contributed by atoms with E-state index in [0.717, 1.165) is 0 Å². The molecule has 0 unspecified atom stereocenters. The Hall–Kier alpha value is -2.82. The lowest BCUT2D eigenvalue weighted by Gasteiger charge is -2.19. The number of nitrogens with one attached hydrogen (secondary N) is 1. The van der Waals surface area contributed by atoms with Gasteiger partial charge >= 0.3 is 0 Å². The molecule has 6 nitrogen and oxygen atoms in total. The first kappa shape index (κ1) is 18.5. The van der Waals surface area contributed by atoms with Crippen molar-refractivity contribution < 1.29 is 17.6 Å². The van der Waals surface area contributed by atoms with Gasteiger partial charge in [0.15, 0.2) is 0 Å². The molecule has 0 saturated carbocycles. The summed E-state index contributed by atoms with van der Waals surface area (Å²) in [5, 5.41) is 0. The van der Waals surface area contributed by atoms with Gasteiger partial charge in [0, 0.05) is 12.1 Å². The maximum Gasteiger partial charge on any atom is 0.255 e. The third-order valence-corrected chi connectivity index (χ3v) is 4.73. The Bertz CT molecular complexity index is 880. The van der Waals surface area contributed by atoms with E-state index in [1.807, 2.05) is 0 Å². The number of rotatable bonds is 8. The highest BCUT2D eigenvalue weighted by Gasteiger charge is 2.20. The number of carbonyl (C=O) groups excluding carboxylic acids is 1. The Kier molecular flexibility index (Phi) is 6.17. The van der Waals surface area contributed by atoms with Gasteiger partial charge in [-0.05, 0) is 30.3 Å². The summed E-state index contributed by atoms with van der Waals surface area (Å²) in [6.45, 7) is 3.84. The van der Waals surface area contributed by atoms with Crippen molar-refractivity contribution in [3.8, 4) is 12.3 Å². The van der Waals surface area contributed by atoms with Gasteiger partial charge in [-0.25, -0.2) is 13.1 Å². The number of benzene rings is 1. The molecule has 0 spiro atoms. The second kappa shape index (κ2) is 8.33. The van der Waals surface area contributed by atoms with Gasteiger partial charge in [0.05, 0.1) is 24.2 Å². The monoisotopic (exact) mass is 358 g/mol. The van der Waals surface area contributed by atoms with Crippen LogP contribution in [0.3, 0.4) is 0 Å². The van der Waals surface area contributed by atoms with Crippen molar-refractivity contribution in [2.24, 2.45) is 0 Å². The molecule has 1 aromatic carbocycles. The summed E-state index contributed by atoms with van der Waals surface area (Å²) in [5.74, 6) is 2.63. The van der Waals surface area contributed by atoms with Crippen molar-refractivity contribution in [1.82, 2.24) is 9.62 Å². The van der Waals surface area contributed by atoms with Gasteiger partial charge in [-0.2, -0.15) is 0 Å². The van der Waals surface area contributed by atoms with Gasteiger partial charge < -0.3 is 9.32 Å². The van der Waals surface area contributed by atoms with E-state index in [2.05, 4.69) is 17.2 Å². The third-order valence-electron chi connectivity index (χ3n) is 3.31. The van der Waals surface area contributed by atoms with Crippen molar-refractivity contribution in [3.05, 3.63) is 66.6 Å². The molecular weight excluding hydrogens is 340 g/mol. The second-order valence-electron chi connectivity index (χ2n) is 5.11. The van der Waals surface area contributed by atoms with Gasteiger partial charge in [-0.15, -0.1) is 13.0 Å². The zero-order chi connectivity index (χ0) is 18.3. The molecule has 2 aromatic rings. The molecule has 7 heteroatoms. The van der Waals surface area contributed by atoms with Crippen LogP contribution >= 0.6 is 0 Å². The zero-order valence-electron chi connectivity index (χ0n) is 13.5. The summed E-state index contributed by atoms with van der Waals surface area (Å²) >= 11 is 0. The Labute approximate surface area is 147 Å². The number of furan rings is 1. The fourth-order valence-electron chi connectivity index (χ4n) is 2.13. The van der Waals surface area contributed by atoms with Gasteiger partial charge in [-0.3, -0.25) is 4.79 Å². The number of hydrogen-bond donors (Lipinski definition) is 1. The maximum absolute atomic E-state index is 12.7. The van der Waals surface area contributed by atoms with Crippen molar-refractivity contribution in [2.75, 3.05) is 13.1 Å². The average Bonchev–Trinajstić information content (AvgIpc) is 3.12. The fraction of sp³-hybridized carbons (Fsp3) is 0.167. The molecule has 2 rings (SSSR count). The molecule has 1 amide bonds. The summed E-state index contributed by atoms with van der Waals surface area (Å²) in [5.41, 5.74) is 0.225. The van der Waals surface area contributed by atoms with E-state index in [-0.39, 0.29) is 36.0 Å². The van der Waals surface area contributed by atoms with Crippen molar-refractivity contribution in [3.63, 3.8) is 0 Å². The van der Waals surface area contributed by atoms with Crippen LogP contribution in [0.2, 0.25) is 0 Å². The first-order chi connectivity index (χ1) is 12.0. The quantitative estimate of drug-likeness (QED) is 0.578. The predicted octanol–water partition coefficient (Wildman–Crippen LogP) is 2.02. The Morgan fingerprint density at radius 3 is 2.80 bits per heavy atom. The molecule has 1 N–H and O–H groups in total. The number of carbonyl (C=O) groups is 1. The van der Waals surface area contributed by atoms with Gasteiger partial charge in [0.25, 0.3) is 5.91 Å². The summed E-state index contributed by atoms with van der Waals surface area (Å²) in [4.78, 5) is 14.1. The Morgan fingerprint density at radius 2 is 2.16 bits per heavy atom. The minimum atomic E-state index is -3.72. The van der Waals surface area contributed by atoms with Crippen molar-refractivity contribution in [2.45, 2.75) is 11.4 Å². The van der Waals surface area contributed by atoms with Crippen LogP contribution in [-0.4, -0.2) is 32.3 Å². The minimum absolute atomic E-state index is 0.00106. The lowest BCUT2D eigenvalue weighted by Crippen LogP contribution is -2.31. The fourth-order valence-corrected chi connectivity index (χ4v) is 3.17. The summed E-state index contributed by atoms with van der Waals surface area (Å²) in [6.07, 6.45) is 8.28. The average molecular weight is 358 g/mol. The van der Waals surface area contributed by atoms with E-state index < -0.39 is 10.0 Å². The van der Waals surface area contributed by atoms with E-state index in [4.69, 9.17) is 10.8 Å². The topological polar surface area (TPSA) is 79.6 Å². The van der Waals surface area contributed by atoms with Gasteiger partial charge in [0.1, 0.15) is 5.76 Å². The maximum atomic E-state index is 12.7. The third kappa shape index (κ3) is 4.83. The molecule has 0 aliphatic carbocycles. The molecule has 0 bridgehead atoms. The van der Waals surface area contributed by atoms with Crippen LogP contribution in [0, 0.1) is 12.3 Å². The molecule has 25 heavy (non-hydrogen) atoms. The molecule has 0 fully saturated rings. The Morgan fingerprint density at radius 1 is 1.36 bits per heavy atom. The molecule has 0 aliphatic rings. The number of nitrogens with zero attached hydrogens (tertiary/aromatic N) is 1. The van der Waals surface area contributed by atoms with E-state index in [0.29, 0.717) is 5.76 Å². The first-order valence-corrected chi connectivity index (χ1v) is 8.92. The van der Waals surface area contributed by atoms with E-state index >= 15 is 0 Å². The van der Waals surface area contributed by atoms with E-state index in [9.17, 15) is 13.2 Å². The lowest BCUT2D eigenvalue weighted by molar-refractivity contribution is 0.0755. The van der Waals surface area contributed by atoms with Crippen LogP contribution in [0.1, 0.15) is 16.1 Å². The molecule has 1 heterocycles. The zero-order valence-corrected chi connectivity index (χ0v) is 14.3.